The van der Waals surface area contributed by atoms with Gasteiger partial charge >= 0.3 is 5.97 Å². The standard InChI is InChI=1S/C11H11NO8/c13-7-8(14)11(20-9(7)10(15)16)19-6-3-1-5(2-4-6)12(17)18/h1-4,7-9,11,13-14H,(H,15,16)/t7-,8-,9+,11?/m1/s1. The van der Waals surface area contributed by atoms with Crippen molar-refractivity contribution in [1.29, 1.82) is 0 Å². The van der Waals surface area contributed by atoms with Crippen molar-refractivity contribution in [2.45, 2.75) is 24.6 Å². The van der Waals surface area contributed by atoms with E-state index in [1.807, 2.05) is 0 Å². The summed E-state index contributed by atoms with van der Waals surface area (Å²) < 4.78 is 10.0. The number of benzene rings is 1. The minimum absolute atomic E-state index is 0.137. The highest BCUT2D eigenvalue weighted by atomic mass is 16.7. The molecular weight excluding hydrogens is 274 g/mol. The third-order valence-electron chi connectivity index (χ3n) is 2.76. The molecule has 0 bridgehead atoms. The van der Waals surface area contributed by atoms with Crippen molar-refractivity contribution in [1.82, 2.24) is 0 Å². The van der Waals surface area contributed by atoms with Gasteiger partial charge in [-0.2, -0.15) is 0 Å². The lowest BCUT2D eigenvalue weighted by Crippen LogP contribution is -2.37. The van der Waals surface area contributed by atoms with Crippen LogP contribution in [0.3, 0.4) is 0 Å². The molecule has 0 amide bonds. The zero-order valence-corrected chi connectivity index (χ0v) is 9.95. The van der Waals surface area contributed by atoms with Gasteiger partial charge in [0.2, 0.25) is 6.29 Å². The van der Waals surface area contributed by atoms with Crippen LogP contribution >= 0.6 is 0 Å². The quantitative estimate of drug-likeness (QED) is 0.497. The predicted molar refractivity (Wildman–Crippen MR) is 62.0 cm³/mol. The topological polar surface area (TPSA) is 139 Å². The number of ether oxygens (including phenoxy) is 2. The molecule has 1 saturated heterocycles. The number of non-ortho nitro benzene ring substituents is 1. The number of carboxylic acid groups (broad SMARTS) is 1. The van der Waals surface area contributed by atoms with Crippen LogP contribution in [0, 0.1) is 10.1 Å². The van der Waals surface area contributed by atoms with Crippen LogP contribution in [0.15, 0.2) is 24.3 Å². The van der Waals surface area contributed by atoms with E-state index in [2.05, 4.69) is 0 Å². The molecule has 1 heterocycles. The number of nitro benzene ring substituents is 1. The summed E-state index contributed by atoms with van der Waals surface area (Å²) in [6, 6.07) is 4.91. The highest BCUT2D eigenvalue weighted by molar-refractivity contribution is 5.73. The van der Waals surface area contributed by atoms with Gasteiger partial charge in [-0.15, -0.1) is 0 Å². The van der Waals surface area contributed by atoms with Crippen molar-refractivity contribution in [3.8, 4) is 5.75 Å². The molecule has 1 unspecified atom stereocenters. The Bertz CT molecular complexity index is 516. The van der Waals surface area contributed by atoms with E-state index in [1.165, 1.54) is 24.3 Å². The Morgan fingerprint density at radius 3 is 2.30 bits per heavy atom. The molecule has 9 heteroatoms. The molecule has 0 radical (unpaired) electrons. The number of rotatable bonds is 4. The summed E-state index contributed by atoms with van der Waals surface area (Å²) in [4.78, 5) is 20.6. The number of hydrogen-bond acceptors (Lipinski definition) is 7. The van der Waals surface area contributed by atoms with Crippen LogP contribution in [0.2, 0.25) is 0 Å². The molecule has 9 nitrogen and oxygen atoms in total. The van der Waals surface area contributed by atoms with Gasteiger partial charge in [-0.3, -0.25) is 10.1 Å². The third kappa shape index (κ3) is 2.69. The van der Waals surface area contributed by atoms with E-state index in [1.54, 1.807) is 0 Å². The molecule has 1 aromatic rings. The van der Waals surface area contributed by atoms with Crippen molar-refractivity contribution in [3.63, 3.8) is 0 Å². The smallest absolute Gasteiger partial charge is 0.335 e. The molecule has 108 valence electrons. The first-order chi connectivity index (χ1) is 9.40. The van der Waals surface area contributed by atoms with Gasteiger partial charge in [0.25, 0.3) is 5.69 Å². The average molecular weight is 285 g/mol. The number of aliphatic carboxylic acids is 1. The highest BCUT2D eigenvalue weighted by Crippen LogP contribution is 2.26. The lowest BCUT2D eigenvalue weighted by atomic mass is 10.1. The van der Waals surface area contributed by atoms with Crippen molar-refractivity contribution in [2.24, 2.45) is 0 Å². The molecule has 1 fully saturated rings. The molecule has 0 aliphatic carbocycles. The fourth-order valence-electron chi connectivity index (χ4n) is 1.73. The molecule has 0 saturated carbocycles. The Hall–Kier alpha value is -2.23. The van der Waals surface area contributed by atoms with Crippen LogP contribution in [0.25, 0.3) is 0 Å². The number of carbonyl (C=O) groups is 1. The number of nitrogens with zero attached hydrogens (tertiary/aromatic N) is 1. The monoisotopic (exact) mass is 285 g/mol. The van der Waals surface area contributed by atoms with Crippen molar-refractivity contribution in [3.05, 3.63) is 34.4 Å². The van der Waals surface area contributed by atoms with Crippen LogP contribution in [-0.4, -0.2) is 50.8 Å². The van der Waals surface area contributed by atoms with Crippen molar-refractivity contribution >= 4 is 11.7 Å². The summed E-state index contributed by atoms with van der Waals surface area (Å²) in [6.45, 7) is 0. The van der Waals surface area contributed by atoms with Crippen LogP contribution in [0.1, 0.15) is 0 Å². The number of aliphatic hydroxyl groups is 2. The Morgan fingerprint density at radius 1 is 1.25 bits per heavy atom. The number of nitro groups is 1. The number of aliphatic hydroxyl groups excluding tert-OH is 2. The number of hydrogen-bond donors (Lipinski definition) is 3. The SMILES string of the molecule is O=C(O)[C@H]1OC(Oc2ccc([N+](=O)[O-])cc2)[C@H](O)[C@H]1O. The van der Waals surface area contributed by atoms with Crippen molar-refractivity contribution in [2.75, 3.05) is 0 Å². The maximum absolute atomic E-state index is 10.7. The summed E-state index contributed by atoms with van der Waals surface area (Å²) in [5.74, 6) is -1.29. The van der Waals surface area contributed by atoms with Gasteiger partial charge in [-0.05, 0) is 12.1 Å². The first-order valence-corrected chi connectivity index (χ1v) is 5.55. The molecular formula is C11H11NO8. The van der Waals surface area contributed by atoms with E-state index in [9.17, 15) is 25.1 Å². The van der Waals surface area contributed by atoms with Crippen LogP contribution in [0.4, 0.5) is 5.69 Å². The summed E-state index contributed by atoms with van der Waals surface area (Å²) in [5.41, 5.74) is -0.145. The fraction of sp³-hybridized carbons (Fsp3) is 0.364. The largest absolute Gasteiger partial charge is 0.479 e. The van der Waals surface area contributed by atoms with Gasteiger partial charge in [0.15, 0.2) is 6.10 Å². The van der Waals surface area contributed by atoms with Crippen LogP contribution in [-0.2, 0) is 9.53 Å². The molecule has 3 N–H and O–H groups in total. The van der Waals surface area contributed by atoms with Crippen LogP contribution in [0.5, 0.6) is 5.75 Å². The van der Waals surface area contributed by atoms with E-state index in [-0.39, 0.29) is 11.4 Å². The van der Waals surface area contributed by atoms with Crippen LogP contribution < -0.4 is 4.74 Å². The maximum atomic E-state index is 10.7. The predicted octanol–water partition coefficient (Wildman–Crippen LogP) is -0.495. The molecule has 0 spiro atoms. The zero-order chi connectivity index (χ0) is 14.9. The fourth-order valence-corrected chi connectivity index (χ4v) is 1.73. The van der Waals surface area contributed by atoms with E-state index < -0.39 is 35.5 Å². The van der Waals surface area contributed by atoms with Crippen molar-refractivity contribution < 1.29 is 34.5 Å². The van der Waals surface area contributed by atoms with Gasteiger partial charge in [-0.1, -0.05) is 0 Å². The van der Waals surface area contributed by atoms with E-state index in [0.717, 1.165) is 0 Å². The minimum Gasteiger partial charge on any atom is -0.479 e. The second-order valence-electron chi connectivity index (χ2n) is 4.11. The van der Waals surface area contributed by atoms with Gasteiger partial charge in [0, 0.05) is 12.1 Å². The summed E-state index contributed by atoms with van der Waals surface area (Å²) in [5, 5.41) is 38.3. The maximum Gasteiger partial charge on any atom is 0.335 e. The molecule has 2 rings (SSSR count). The molecule has 0 aromatic heterocycles. The Kier molecular flexibility index (Phi) is 3.84. The lowest BCUT2D eigenvalue weighted by molar-refractivity contribution is -0.384. The number of carboxylic acids is 1. The first kappa shape index (κ1) is 14.2. The second kappa shape index (κ2) is 5.41. The van der Waals surface area contributed by atoms with E-state index in [4.69, 9.17) is 14.6 Å². The minimum atomic E-state index is -1.62. The van der Waals surface area contributed by atoms with E-state index in [0.29, 0.717) is 0 Å². The average Bonchev–Trinajstić information content (AvgIpc) is 2.68. The molecule has 1 aliphatic rings. The Balaban J connectivity index is 2.06. The van der Waals surface area contributed by atoms with Gasteiger partial charge in [-0.25, -0.2) is 4.79 Å². The summed E-state index contributed by atoms with van der Waals surface area (Å²) >= 11 is 0. The summed E-state index contributed by atoms with van der Waals surface area (Å²) in [6.07, 6.45) is -6.11. The highest BCUT2D eigenvalue weighted by Gasteiger charge is 2.48. The van der Waals surface area contributed by atoms with Gasteiger partial charge in [0.1, 0.15) is 18.0 Å². The second-order valence-corrected chi connectivity index (χ2v) is 4.11. The summed E-state index contributed by atoms with van der Waals surface area (Å²) in [7, 11) is 0. The van der Waals surface area contributed by atoms with Gasteiger partial charge < -0.3 is 24.8 Å². The molecule has 1 aromatic carbocycles. The molecule has 1 aliphatic heterocycles. The molecule has 4 atom stereocenters. The Morgan fingerprint density at radius 2 is 1.85 bits per heavy atom. The first-order valence-electron chi connectivity index (χ1n) is 5.55. The lowest BCUT2D eigenvalue weighted by Gasteiger charge is -2.16. The molecule has 20 heavy (non-hydrogen) atoms. The third-order valence-corrected chi connectivity index (χ3v) is 2.76. The van der Waals surface area contributed by atoms with Gasteiger partial charge in [0.05, 0.1) is 4.92 Å². The normalized spacial score (nSPS) is 29.1. The Labute approximate surface area is 112 Å². The zero-order valence-electron chi connectivity index (χ0n) is 9.95. The van der Waals surface area contributed by atoms with E-state index >= 15 is 0 Å².